The molecule has 1 aliphatic carbocycles. The molecule has 1 aliphatic rings. The van der Waals surface area contributed by atoms with E-state index in [0.717, 1.165) is 17.3 Å². The first-order valence-corrected chi connectivity index (χ1v) is 6.64. The lowest BCUT2D eigenvalue weighted by molar-refractivity contribution is 0.490. The Labute approximate surface area is 104 Å². The van der Waals surface area contributed by atoms with Gasteiger partial charge in [0.2, 0.25) is 0 Å². The second-order valence-corrected chi connectivity index (χ2v) is 5.22. The van der Waals surface area contributed by atoms with E-state index < -0.39 is 0 Å². The Kier molecular flexibility index (Phi) is 2.86. The molecule has 4 nitrogen and oxygen atoms in total. The van der Waals surface area contributed by atoms with Crippen molar-refractivity contribution in [2.45, 2.75) is 25.3 Å². The van der Waals surface area contributed by atoms with Crippen molar-refractivity contribution in [3.63, 3.8) is 0 Å². The monoisotopic (exact) mass is 246 g/mol. The molecule has 0 fully saturated rings. The molecule has 0 radical (unpaired) electrons. The van der Waals surface area contributed by atoms with Crippen molar-refractivity contribution in [3.8, 4) is 10.8 Å². The summed E-state index contributed by atoms with van der Waals surface area (Å²) in [6, 6.07) is 2.22. The predicted octanol–water partition coefficient (Wildman–Crippen LogP) is 2.20. The molecule has 0 aromatic carbocycles. The Balaban J connectivity index is 2.02. The van der Waals surface area contributed by atoms with Gasteiger partial charge in [-0.1, -0.05) is 0 Å². The van der Waals surface area contributed by atoms with Crippen molar-refractivity contribution in [2.75, 3.05) is 7.05 Å². The average Bonchev–Trinajstić information content (AvgIpc) is 2.83. The maximum atomic E-state index is 4.70. The summed E-state index contributed by atoms with van der Waals surface area (Å²) >= 11 is 1.73. The van der Waals surface area contributed by atoms with Crippen LogP contribution in [0, 0.1) is 0 Å². The van der Waals surface area contributed by atoms with Crippen LogP contribution in [-0.4, -0.2) is 22.0 Å². The molecule has 0 saturated carbocycles. The summed E-state index contributed by atoms with van der Waals surface area (Å²) in [4.78, 5) is 14.6. The molecule has 0 bridgehead atoms. The highest BCUT2D eigenvalue weighted by atomic mass is 32.1. The molecule has 2 aromatic heterocycles. The van der Waals surface area contributed by atoms with Gasteiger partial charge in [0.05, 0.1) is 11.7 Å². The van der Waals surface area contributed by atoms with Crippen molar-refractivity contribution >= 4 is 11.3 Å². The number of hydrogen-bond acceptors (Lipinski definition) is 5. The van der Waals surface area contributed by atoms with E-state index in [1.165, 1.54) is 23.4 Å². The van der Waals surface area contributed by atoms with Crippen molar-refractivity contribution in [2.24, 2.45) is 0 Å². The van der Waals surface area contributed by atoms with E-state index in [1.54, 1.807) is 23.7 Å². The molecule has 0 saturated heterocycles. The first-order chi connectivity index (χ1) is 8.38. The van der Waals surface area contributed by atoms with Crippen molar-refractivity contribution in [1.29, 1.82) is 0 Å². The highest BCUT2D eigenvalue weighted by molar-refractivity contribution is 7.15. The van der Waals surface area contributed by atoms with Crippen LogP contribution >= 0.6 is 11.3 Å². The number of hydrogen-bond donors (Lipinski definition) is 1. The minimum absolute atomic E-state index is 0.396. The van der Waals surface area contributed by atoms with E-state index in [9.17, 15) is 0 Å². The Morgan fingerprint density at radius 3 is 2.94 bits per heavy atom. The van der Waals surface area contributed by atoms with Gasteiger partial charge in [-0.05, 0) is 32.4 Å². The fourth-order valence-corrected chi connectivity index (χ4v) is 3.32. The van der Waals surface area contributed by atoms with Crippen LogP contribution in [0.2, 0.25) is 0 Å². The third-order valence-electron chi connectivity index (χ3n) is 3.06. The number of nitrogens with one attached hydrogen (secondary N) is 1. The van der Waals surface area contributed by atoms with Crippen LogP contribution in [0.15, 0.2) is 18.5 Å². The van der Waals surface area contributed by atoms with Crippen LogP contribution in [-0.2, 0) is 6.42 Å². The van der Waals surface area contributed by atoms with E-state index in [-0.39, 0.29) is 0 Å². The van der Waals surface area contributed by atoms with Gasteiger partial charge in [-0.2, -0.15) is 0 Å². The summed E-state index contributed by atoms with van der Waals surface area (Å²) in [5, 5.41) is 4.27. The number of fused-ring (bicyclic) bond motifs is 1. The molecule has 88 valence electrons. The van der Waals surface area contributed by atoms with Gasteiger partial charge >= 0.3 is 0 Å². The highest BCUT2D eigenvalue weighted by Gasteiger charge is 2.24. The van der Waals surface area contributed by atoms with Gasteiger partial charge in [0, 0.05) is 17.3 Å². The smallest absolute Gasteiger partial charge is 0.188 e. The predicted molar refractivity (Wildman–Crippen MR) is 67.9 cm³/mol. The van der Waals surface area contributed by atoms with E-state index in [0.29, 0.717) is 6.04 Å². The molecule has 2 heterocycles. The minimum Gasteiger partial charge on any atom is -0.312 e. The molecule has 0 amide bonds. The molecule has 1 atom stereocenters. The Morgan fingerprint density at radius 1 is 1.35 bits per heavy atom. The van der Waals surface area contributed by atoms with Crippen molar-refractivity contribution < 1.29 is 0 Å². The van der Waals surface area contributed by atoms with Crippen LogP contribution in [0.5, 0.6) is 0 Å². The lowest BCUT2D eigenvalue weighted by Gasteiger charge is -2.19. The second-order valence-electron chi connectivity index (χ2n) is 4.13. The molecule has 2 aromatic rings. The normalized spacial score (nSPS) is 19.0. The third kappa shape index (κ3) is 1.96. The minimum atomic E-state index is 0.396. The van der Waals surface area contributed by atoms with Crippen LogP contribution in [0.25, 0.3) is 10.8 Å². The Bertz CT molecular complexity index is 508. The van der Waals surface area contributed by atoms with Gasteiger partial charge in [-0.25, -0.2) is 15.0 Å². The van der Waals surface area contributed by atoms with Crippen molar-refractivity contribution in [3.05, 3.63) is 29.0 Å². The number of rotatable bonds is 2. The molecular formula is C12H14N4S. The Hall–Kier alpha value is -1.33. The SMILES string of the molecule is CNC1CCCc2sc(-c3ncccn3)nc21. The zero-order chi connectivity index (χ0) is 11.7. The standard InChI is InChI=1S/C12H14N4S/c1-13-8-4-2-5-9-10(8)16-12(17-9)11-14-6-3-7-15-11/h3,6-8,13H,2,4-5H2,1H3. The zero-order valence-electron chi connectivity index (χ0n) is 9.68. The van der Waals surface area contributed by atoms with Gasteiger partial charge in [0.1, 0.15) is 0 Å². The summed E-state index contributed by atoms with van der Waals surface area (Å²) in [7, 11) is 2.00. The highest BCUT2D eigenvalue weighted by Crippen LogP contribution is 2.35. The summed E-state index contributed by atoms with van der Waals surface area (Å²) in [5.41, 5.74) is 1.20. The summed E-state index contributed by atoms with van der Waals surface area (Å²) in [6.07, 6.45) is 7.06. The van der Waals surface area contributed by atoms with Crippen LogP contribution in [0.3, 0.4) is 0 Å². The van der Waals surface area contributed by atoms with Gasteiger partial charge < -0.3 is 5.32 Å². The first kappa shape index (κ1) is 10.8. The molecule has 0 spiro atoms. The lowest BCUT2D eigenvalue weighted by Crippen LogP contribution is -2.21. The van der Waals surface area contributed by atoms with Crippen LogP contribution in [0.1, 0.15) is 29.5 Å². The van der Waals surface area contributed by atoms with E-state index in [2.05, 4.69) is 15.3 Å². The van der Waals surface area contributed by atoms with Crippen LogP contribution in [0.4, 0.5) is 0 Å². The number of aryl methyl sites for hydroxylation is 1. The summed E-state index contributed by atoms with van der Waals surface area (Å²) in [6.45, 7) is 0. The molecule has 5 heteroatoms. The van der Waals surface area contributed by atoms with Gasteiger partial charge in [0.15, 0.2) is 10.8 Å². The average molecular weight is 246 g/mol. The molecule has 1 unspecified atom stereocenters. The zero-order valence-corrected chi connectivity index (χ0v) is 10.5. The topological polar surface area (TPSA) is 50.7 Å². The fraction of sp³-hybridized carbons (Fsp3) is 0.417. The third-order valence-corrected chi connectivity index (χ3v) is 4.19. The molecule has 0 aliphatic heterocycles. The van der Waals surface area contributed by atoms with Crippen molar-refractivity contribution in [1.82, 2.24) is 20.3 Å². The van der Waals surface area contributed by atoms with E-state index >= 15 is 0 Å². The Morgan fingerprint density at radius 2 is 2.18 bits per heavy atom. The second kappa shape index (κ2) is 4.50. The van der Waals surface area contributed by atoms with Gasteiger partial charge in [-0.3, -0.25) is 0 Å². The quantitative estimate of drug-likeness (QED) is 0.882. The fourth-order valence-electron chi connectivity index (χ4n) is 2.20. The van der Waals surface area contributed by atoms with Crippen LogP contribution < -0.4 is 5.32 Å². The first-order valence-electron chi connectivity index (χ1n) is 5.82. The maximum Gasteiger partial charge on any atom is 0.188 e. The number of nitrogens with zero attached hydrogens (tertiary/aromatic N) is 3. The summed E-state index contributed by atoms with van der Waals surface area (Å²) in [5.74, 6) is 0.738. The maximum absolute atomic E-state index is 4.70. The molecule has 3 rings (SSSR count). The largest absolute Gasteiger partial charge is 0.312 e. The summed E-state index contributed by atoms with van der Waals surface area (Å²) < 4.78 is 0. The molecule has 1 N–H and O–H groups in total. The van der Waals surface area contributed by atoms with Gasteiger partial charge in [-0.15, -0.1) is 11.3 Å². The van der Waals surface area contributed by atoms with E-state index in [4.69, 9.17) is 4.98 Å². The number of aromatic nitrogens is 3. The lowest BCUT2D eigenvalue weighted by atomic mass is 9.98. The molecule has 17 heavy (non-hydrogen) atoms. The number of thiazole rings is 1. The van der Waals surface area contributed by atoms with E-state index in [1.807, 2.05) is 13.1 Å². The van der Waals surface area contributed by atoms with Gasteiger partial charge in [0.25, 0.3) is 0 Å². The molecular weight excluding hydrogens is 232 g/mol.